The molecule has 108 valence electrons. The van der Waals surface area contributed by atoms with Gasteiger partial charge in [0, 0.05) is 13.7 Å². The summed E-state index contributed by atoms with van der Waals surface area (Å²) in [5.74, 6) is -0.729. The summed E-state index contributed by atoms with van der Waals surface area (Å²) in [5.41, 5.74) is 0. The molecule has 0 rings (SSSR count). The predicted molar refractivity (Wildman–Crippen MR) is 77.5 cm³/mol. The summed E-state index contributed by atoms with van der Waals surface area (Å²) in [5, 5.41) is 11.6. The van der Waals surface area contributed by atoms with E-state index in [1.165, 1.54) is 31.7 Å². The van der Waals surface area contributed by atoms with Crippen LogP contribution in [0.3, 0.4) is 0 Å². The van der Waals surface area contributed by atoms with Crippen LogP contribution in [0.5, 0.6) is 0 Å². The summed E-state index contributed by atoms with van der Waals surface area (Å²) >= 11 is 0. The lowest BCUT2D eigenvalue weighted by Gasteiger charge is -2.19. The van der Waals surface area contributed by atoms with Crippen molar-refractivity contribution in [1.29, 1.82) is 0 Å². The molecule has 2 N–H and O–H groups in total. The summed E-state index contributed by atoms with van der Waals surface area (Å²) < 4.78 is 5.51. The van der Waals surface area contributed by atoms with Gasteiger partial charge in [0.2, 0.25) is 0 Å². The zero-order valence-electron chi connectivity index (χ0n) is 12.1. The Hall–Kier alpha value is -0.393. The molecule has 0 saturated heterocycles. The average molecular weight is 275 g/mol. The minimum atomic E-state index is -1.34. The Balaban J connectivity index is 3.15. The second kappa shape index (κ2) is 10.5. The van der Waals surface area contributed by atoms with Gasteiger partial charge in [0.25, 0.3) is 0 Å². The number of nitrogens with one attached hydrogen (secondary N) is 1. The first-order chi connectivity index (χ1) is 8.48. The molecule has 0 fully saturated rings. The normalized spacial score (nSPS) is 11.7. The Labute approximate surface area is 112 Å². The molecule has 0 aromatic carbocycles. The molecule has 18 heavy (non-hydrogen) atoms. The lowest BCUT2D eigenvalue weighted by atomic mass is 10.1. The molecule has 0 atom stereocenters. The van der Waals surface area contributed by atoms with Crippen molar-refractivity contribution >= 4 is 14.3 Å². The van der Waals surface area contributed by atoms with Gasteiger partial charge in [-0.15, -0.1) is 0 Å². The topological polar surface area (TPSA) is 58.6 Å². The van der Waals surface area contributed by atoms with Crippen molar-refractivity contribution in [2.24, 2.45) is 0 Å². The van der Waals surface area contributed by atoms with E-state index >= 15 is 0 Å². The van der Waals surface area contributed by atoms with E-state index in [1.807, 2.05) is 7.11 Å². The highest BCUT2D eigenvalue weighted by molar-refractivity contribution is 6.71. The molecular weight excluding hydrogens is 246 g/mol. The van der Waals surface area contributed by atoms with E-state index in [-0.39, 0.29) is 6.42 Å². The van der Waals surface area contributed by atoms with Crippen LogP contribution in [0.4, 0.5) is 0 Å². The third kappa shape index (κ3) is 12.1. The highest BCUT2D eigenvalue weighted by Crippen LogP contribution is 2.15. The summed E-state index contributed by atoms with van der Waals surface area (Å²) in [6.45, 7) is 6.05. The van der Waals surface area contributed by atoms with Crippen LogP contribution in [0.15, 0.2) is 0 Å². The molecule has 0 aliphatic rings. The second-order valence-corrected chi connectivity index (χ2v) is 9.80. The molecule has 0 heterocycles. The maximum Gasteiger partial charge on any atom is 0.304 e. The molecule has 0 bridgehead atoms. The van der Waals surface area contributed by atoms with Crippen molar-refractivity contribution in [3.05, 3.63) is 0 Å². The molecule has 0 spiro atoms. The Kier molecular flexibility index (Phi) is 10.3. The lowest BCUT2D eigenvalue weighted by Crippen LogP contribution is -2.27. The van der Waals surface area contributed by atoms with Crippen molar-refractivity contribution < 1.29 is 14.3 Å². The number of carbonyl (C=O) groups is 1. The Morgan fingerprint density at radius 2 is 1.72 bits per heavy atom. The van der Waals surface area contributed by atoms with Crippen LogP contribution < -0.4 is 5.32 Å². The van der Waals surface area contributed by atoms with Gasteiger partial charge in [-0.3, -0.25) is 4.79 Å². The number of carboxylic acid groups (broad SMARTS) is 1. The summed E-state index contributed by atoms with van der Waals surface area (Å²) in [6.07, 6.45) is 6.43. The Bertz CT molecular complexity index is 222. The summed E-state index contributed by atoms with van der Waals surface area (Å²) in [4.78, 5) is 10.3. The van der Waals surface area contributed by atoms with E-state index in [9.17, 15) is 4.79 Å². The summed E-state index contributed by atoms with van der Waals surface area (Å²) in [7, 11) is 0.486. The minimum Gasteiger partial charge on any atom is -0.481 e. The molecule has 5 heteroatoms. The van der Waals surface area contributed by atoms with Crippen LogP contribution in [-0.4, -0.2) is 39.6 Å². The van der Waals surface area contributed by atoms with Gasteiger partial charge in [-0.2, -0.15) is 0 Å². The van der Waals surface area contributed by atoms with E-state index in [0.717, 1.165) is 13.0 Å². The molecule has 0 aliphatic carbocycles. The Morgan fingerprint density at radius 1 is 1.11 bits per heavy atom. The van der Waals surface area contributed by atoms with Crippen molar-refractivity contribution in [3.63, 3.8) is 0 Å². The second-order valence-electron chi connectivity index (χ2n) is 5.38. The van der Waals surface area contributed by atoms with Crippen LogP contribution in [0.25, 0.3) is 0 Å². The SMILES string of the molecule is CO[Si](C)(C)CCCCCCCNCCC(=O)O. The number of hydrogen-bond acceptors (Lipinski definition) is 3. The molecular formula is C13H29NO3Si. The zero-order chi connectivity index (χ0) is 13.9. The van der Waals surface area contributed by atoms with Crippen LogP contribution in [0, 0.1) is 0 Å². The molecule has 0 amide bonds. The smallest absolute Gasteiger partial charge is 0.304 e. The number of hydrogen-bond donors (Lipinski definition) is 2. The maximum absolute atomic E-state index is 10.3. The third-order valence-corrected chi connectivity index (χ3v) is 5.86. The maximum atomic E-state index is 10.3. The van der Waals surface area contributed by atoms with Crippen molar-refractivity contribution in [1.82, 2.24) is 5.32 Å². The number of unbranched alkanes of at least 4 members (excludes halogenated alkanes) is 4. The first-order valence-corrected chi connectivity index (χ1v) is 10.1. The number of aliphatic carboxylic acids is 1. The molecule has 0 unspecified atom stereocenters. The Morgan fingerprint density at radius 3 is 2.33 bits per heavy atom. The van der Waals surface area contributed by atoms with Gasteiger partial charge in [-0.25, -0.2) is 0 Å². The van der Waals surface area contributed by atoms with Crippen molar-refractivity contribution in [2.75, 3.05) is 20.2 Å². The van der Waals surface area contributed by atoms with Gasteiger partial charge in [-0.1, -0.05) is 25.7 Å². The molecule has 0 radical (unpaired) electrons. The van der Waals surface area contributed by atoms with Gasteiger partial charge in [0.1, 0.15) is 0 Å². The monoisotopic (exact) mass is 275 g/mol. The highest BCUT2D eigenvalue weighted by Gasteiger charge is 2.18. The summed E-state index contributed by atoms with van der Waals surface area (Å²) in [6, 6.07) is 1.25. The molecule has 0 aromatic rings. The van der Waals surface area contributed by atoms with Gasteiger partial charge in [-0.05, 0) is 32.1 Å². The molecule has 0 aliphatic heterocycles. The van der Waals surface area contributed by atoms with Gasteiger partial charge in [0.15, 0.2) is 8.32 Å². The lowest BCUT2D eigenvalue weighted by molar-refractivity contribution is -0.136. The number of carboxylic acids is 1. The minimum absolute atomic E-state index is 0.219. The van der Waals surface area contributed by atoms with Crippen LogP contribution in [0.1, 0.15) is 38.5 Å². The fraction of sp³-hybridized carbons (Fsp3) is 0.923. The number of rotatable bonds is 12. The largest absolute Gasteiger partial charge is 0.481 e. The molecule has 0 saturated carbocycles. The predicted octanol–water partition coefficient (Wildman–Crippen LogP) is 2.85. The van der Waals surface area contributed by atoms with Crippen LogP contribution in [-0.2, 0) is 9.22 Å². The highest BCUT2D eigenvalue weighted by atomic mass is 28.4. The van der Waals surface area contributed by atoms with E-state index in [2.05, 4.69) is 18.4 Å². The van der Waals surface area contributed by atoms with E-state index in [0.29, 0.717) is 6.54 Å². The molecule has 0 aromatic heterocycles. The van der Waals surface area contributed by atoms with Crippen LogP contribution in [0.2, 0.25) is 19.1 Å². The van der Waals surface area contributed by atoms with Gasteiger partial charge in [0.05, 0.1) is 6.42 Å². The van der Waals surface area contributed by atoms with Crippen LogP contribution >= 0.6 is 0 Å². The zero-order valence-corrected chi connectivity index (χ0v) is 13.1. The van der Waals surface area contributed by atoms with E-state index < -0.39 is 14.3 Å². The first kappa shape index (κ1) is 17.6. The fourth-order valence-corrected chi connectivity index (χ4v) is 3.06. The van der Waals surface area contributed by atoms with Gasteiger partial charge >= 0.3 is 5.97 Å². The quantitative estimate of drug-likeness (QED) is 0.425. The van der Waals surface area contributed by atoms with E-state index in [1.54, 1.807) is 0 Å². The van der Waals surface area contributed by atoms with Crippen molar-refractivity contribution in [3.8, 4) is 0 Å². The van der Waals surface area contributed by atoms with Crippen molar-refractivity contribution in [2.45, 2.75) is 57.7 Å². The van der Waals surface area contributed by atoms with E-state index in [4.69, 9.17) is 9.53 Å². The van der Waals surface area contributed by atoms with Gasteiger partial charge < -0.3 is 14.8 Å². The third-order valence-electron chi connectivity index (χ3n) is 3.20. The molecule has 4 nitrogen and oxygen atoms in total. The average Bonchev–Trinajstić information content (AvgIpc) is 2.31. The standard InChI is InChI=1S/C13H29NO3Si/c1-17-18(2,3)12-8-6-4-5-7-10-14-11-9-13(15)16/h14H,4-12H2,1-3H3,(H,15,16). The first-order valence-electron chi connectivity index (χ1n) is 6.95. The fourth-order valence-electron chi connectivity index (χ4n) is 1.75.